The van der Waals surface area contributed by atoms with Crippen LogP contribution in [0.25, 0.3) is 0 Å². The van der Waals surface area contributed by atoms with Gasteiger partial charge in [0.05, 0.1) is 0 Å². The van der Waals surface area contributed by atoms with Crippen molar-refractivity contribution in [2.75, 3.05) is 6.54 Å². The standard InChI is InChI=1S/C20H26N4O5/c1-2-3-4-9-21-20(29)22-11-12-5-6-13-14(10-12)19(28)24(18(13)27)15-7-8-16(25)23-17(15)26/h5-6,10,15,19,28H,2-4,7-9,11H2,1H3,(H2,21,22,29)(H,23,25,26). The molecule has 2 aliphatic heterocycles. The minimum atomic E-state index is -1.27. The SMILES string of the molecule is CCCCCNC(=O)NCc1ccc2c(c1)C(O)N(C1CCC(=O)NC1=O)C2=O. The molecule has 1 saturated heterocycles. The van der Waals surface area contributed by atoms with Gasteiger partial charge in [0.2, 0.25) is 11.8 Å². The number of hydrogen-bond acceptors (Lipinski definition) is 5. The highest BCUT2D eigenvalue weighted by atomic mass is 16.3. The van der Waals surface area contributed by atoms with Gasteiger partial charge in [-0.15, -0.1) is 0 Å². The number of aliphatic hydroxyl groups excluding tert-OH is 1. The van der Waals surface area contributed by atoms with E-state index in [2.05, 4.69) is 22.9 Å². The Morgan fingerprint density at radius 3 is 2.76 bits per heavy atom. The second-order valence-electron chi connectivity index (χ2n) is 7.29. The van der Waals surface area contributed by atoms with E-state index in [1.807, 2.05) is 0 Å². The fourth-order valence-electron chi connectivity index (χ4n) is 3.61. The molecule has 2 atom stereocenters. The predicted molar refractivity (Wildman–Crippen MR) is 104 cm³/mol. The first-order valence-electron chi connectivity index (χ1n) is 9.91. The van der Waals surface area contributed by atoms with Crippen LogP contribution in [0.4, 0.5) is 4.79 Å². The Morgan fingerprint density at radius 2 is 2.03 bits per heavy atom. The Morgan fingerprint density at radius 1 is 1.24 bits per heavy atom. The molecule has 9 heteroatoms. The highest BCUT2D eigenvalue weighted by Gasteiger charge is 2.44. The normalized spacial score (nSPS) is 21.0. The minimum Gasteiger partial charge on any atom is -0.369 e. The van der Waals surface area contributed by atoms with Gasteiger partial charge in [0.1, 0.15) is 6.04 Å². The summed E-state index contributed by atoms with van der Waals surface area (Å²) in [6.07, 6.45) is 2.08. The number of benzene rings is 1. The number of rotatable bonds is 7. The second kappa shape index (κ2) is 9.04. The Kier molecular flexibility index (Phi) is 6.48. The monoisotopic (exact) mass is 402 g/mol. The van der Waals surface area contributed by atoms with Crippen LogP contribution in [0.2, 0.25) is 0 Å². The van der Waals surface area contributed by atoms with Gasteiger partial charge in [-0.3, -0.25) is 24.6 Å². The second-order valence-corrected chi connectivity index (χ2v) is 7.29. The smallest absolute Gasteiger partial charge is 0.315 e. The van der Waals surface area contributed by atoms with Crippen molar-refractivity contribution < 1.29 is 24.3 Å². The van der Waals surface area contributed by atoms with E-state index in [0.29, 0.717) is 17.7 Å². The first kappa shape index (κ1) is 20.8. The highest BCUT2D eigenvalue weighted by Crippen LogP contribution is 2.35. The summed E-state index contributed by atoms with van der Waals surface area (Å²) in [5, 5.41) is 18.4. The van der Waals surface area contributed by atoms with Gasteiger partial charge in [0.25, 0.3) is 5.91 Å². The van der Waals surface area contributed by atoms with Crippen molar-refractivity contribution in [3.63, 3.8) is 0 Å². The van der Waals surface area contributed by atoms with Crippen LogP contribution < -0.4 is 16.0 Å². The van der Waals surface area contributed by atoms with Gasteiger partial charge in [-0.1, -0.05) is 25.8 Å². The Hall–Kier alpha value is -2.94. The fraction of sp³-hybridized carbons (Fsp3) is 0.500. The number of carbonyl (C=O) groups excluding carboxylic acids is 4. The summed E-state index contributed by atoms with van der Waals surface area (Å²) in [6.45, 7) is 2.94. The summed E-state index contributed by atoms with van der Waals surface area (Å²) < 4.78 is 0. The van der Waals surface area contributed by atoms with Crippen LogP contribution in [0, 0.1) is 0 Å². The number of fused-ring (bicyclic) bond motifs is 1. The number of unbranched alkanes of at least 4 members (excludes halogenated alkanes) is 2. The Balaban J connectivity index is 1.63. The van der Waals surface area contributed by atoms with Gasteiger partial charge in [-0.2, -0.15) is 0 Å². The number of imide groups is 1. The molecular formula is C20H26N4O5. The molecule has 0 radical (unpaired) electrons. The molecule has 3 rings (SSSR count). The van der Waals surface area contributed by atoms with Gasteiger partial charge in [-0.05, 0) is 30.5 Å². The molecule has 2 aliphatic rings. The number of nitrogens with zero attached hydrogens (tertiary/aromatic N) is 1. The molecule has 9 nitrogen and oxygen atoms in total. The Bertz CT molecular complexity index is 825. The van der Waals surface area contributed by atoms with Crippen LogP contribution in [0.1, 0.15) is 66.7 Å². The lowest BCUT2D eigenvalue weighted by molar-refractivity contribution is -0.139. The molecule has 1 fully saturated rings. The van der Waals surface area contributed by atoms with Crippen LogP contribution in [0.5, 0.6) is 0 Å². The predicted octanol–water partition coefficient (Wildman–Crippen LogP) is 0.928. The quantitative estimate of drug-likeness (QED) is 0.398. The van der Waals surface area contributed by atoms with Crippen LogP contribution in [0.15, 0.2) is 18.2 Å². The Labute approximate surface area is 168 Å². The fourth-order valence-corrected chi connectivity index (χ4v) is 3.61. The van der Waals surface area contributed by atoms with E-state index in [1.54, 1.807) is 18.2 Å². The molecule has 2 heterocycles. The first-order valence-corrected chi connectivity index (χ1v) is 9.91. The van der Waals surface area contributed by atoms with Crippen molar-refractivity contribution in [2.24, 2.45) is 0 Å². The number of nitrogens with one attached hydrogen (secondary N) is 3. The maximum absolute atomic E-state index is 12.7. The highest BCUT2D eigenvalue weighted by molar-refractivity contribution is 6.05. The lowest BCUT2D eigenvalue weighted by Crippen LogP contribution is -2.53. The summed E-state index contributed by atoms with van der Waals surface area (Å²) in [5.41, 5.74) is 1.43. The summed E-state index contributed by atoms with van der Waals surface area (Å²) >= 11 is 0. The molecule has 1 aromatic rings. The number of piperidine rings is 1. The number of amides is 5. The summed E-state index contributed by atoms with van der Waals surface area (Å²) in [4.78, 5) is 49.1. The van der Waals surface area contributed by atoms with E-state index in [4.69, 9.17) is 0 Å². The lowest BCUT2D eigenvalue weighted by atomic mass is 10.0. The molecule has 4 N–H and O–H groups in total. The van der Waals surface area contributed by atoms with Crippen LogP contribution in [0.3, 0.4) is 0 Å². The van der Waals surface area contributed by atoms with E-state index < -0.39 is 24.1 Å². The number of hydrogen-bond donors (Lipinski definition) is 4. The lowest BCUT2D eigenvalue weighted by Gasteiger charge is -2.31. The van der Waals surface area contributed by atoms with E-state index >= 15 is 0 Å². The molecule has 0 aromatic heterocycles. The van der Waals surface area contributed by atoms with Crippen molar-refractivity contribution in [3.05, 3.63) is 34.9 Å². The molecule has 5 amide bonds. The van der Waals surface area contributed by atoms with Crippen molar-refractivity contribution in [2.45, 2.75) is 57.8 Å². The largest absolute Gasteiger partial charge is 0.369 e. The molecule has 156 valence electrons. The van der Waals surface area contributed by atoms with Gasteiger partial charge in [-0.25, -0.2) is 4.79 Å². The molecule has 2 unspecified atom stereocenters. The molecule has 29 heavy (non-hydrogen) atoms. The molecule has 0 aliphatic carbocycles. The van der Waals surface area contributed by atoms with E-state index in [-0.39, 0.29) is 31.3 Å². The van der Waals surface area contributed by atoms with Gasteiger partial charge < -0.3 is 15.7 Å². The topological polar surface area (TPSA) is 128 Å². The number of carbonyl (C=O) groups is 4. The number of aliphatic hydroxyl groups is 1. The third-order valence-corrected chi connectivity index (χ3v) is 5.19. The van der Waals surface area contributed by atoms with Gasteiger partial charge in [0, 0.05) is 30.6 Å². The van der Waals surface area contributed by atoms with Crippen LogP contribution in [-0.2, 0) is 16.1 Å². The van der Waals surface area contributed by atoms with Crippen molar-refractivity contribution in [1.82, 2.24) is 20.9 Å². The van der Waals surface area contributed by atoms with E-state index in [1.165, 1.54) is 0 Å². The zero-order valence-corrected chi connectivity index (χ0v) is 16.4. The summed E-state index contributed by atoms with van der Waals surface area (Å²) in [7, 11) is 0. The third-order valence-electron chi connectivity index (χ3n) is 5.19. The third kappa shape index (κ3) is 4.56. The summed E-state index contributed by atoms with van der Waals surface area (Å²) in [5.74, 6) is -1.41. The van der Waals surface area contributed by atoms with E-state index in [0.717, 1.165) is 29.7 Å². The molecule has 0 bridgehead atoms. The average molecular weight is 402 g/mol. The average Bonchev–Trinajstić information content (AvgIpc) is 2.94. The van der Waals surface area contributed by atoms with Crippen LogP contribution >= 0.6 is 0 Å². The number of urea groups is 1. The summed E-state index contributed by atoms with van der Waals surface area (Å²) in [6, 6.07) is 3.78. The molecule has 0 spiro atoms. The van der Waals surface area contributed by atoms with Crippen molar-refractivity contribution in [3.8, 4) is 0 Å². The zero-order valence-electron chi connectivity index (χ0n) is 16.4. The van der Waals surface area contributed by atoms with Crippen molar-refractivity contribution >= 4 is 23.8 Å². The van der Waals surface area contributed by atoms with Crippen molar-refractivity contribution in [1.29, 1.82) is 0 Å². The maximum Gasteiger partial charge on any atom is 0.315 e. The van der Waals surface area contributed by atoms with E-state index in [9.17, 15) is 24.3 Å². The maximum atomic E-state index is 12.7. The molecular weight excluding hydrogens is 376 g/mol. The van der Waals surface area contributed by atoms with Gasteiger partial charge in [0.15, 0.2) is 6.23 Å². The zero-order chi connectivity index (χ0) is 21.0. The van der Waals surface area contributed by atoms with Gasteiger partial charge >= 0.3 is 6.03 Å². The first-order chi connectivity index (χ1) is 13.9. The minimum absolute atomic E-state index is 0.117. The molecule has 1 aromatic carbocycles. The molecule has 0 saturated carbocycles. The van der Waals surface area contributed by atoms with Crippen LogP contribution in [-0.4, -0.2) is 46.3 Å².